The summed E-state index contributed by atoms with van der Waals surface area (Å²) in [5.74, 6) is -0.503. The lowest BCUT2D eigenvalue weighted by Gasteiger charge is -2.19. The molecule has 0 spiro atoms. The van der Waals surface area contributed by atoms with Crippen LogP contribution in [0.1, 0.15) is 25.8 Å². The van der Waals surface area contributed by atoms with Gasteiger partial charge in [-0.1, -0.05) is 43.6 Å². The Morgan fingerprint density at radius 2 is 1.78 bits per heavy atom. The van der Waals surface area contributed by atoms with Gasteiger partial charge in [0, 0.05) is 19.5 Å². The number of methoxy groups -OCH3 is 1. The van der Waals surface area contributed by atoms with Crippen LogP contribution in [0.25, 0.3) is 0 Å². The number of aryl methyl sites for hydroxylation is 1. The fourth-order valence-corrected chi connectivity index (χ4v) is 4.67. The summed E-state index contributed by atoms with van der Waals surface area (Å²) >= 11 is 6.10. The highest BCUT2D eigenvalue weighted by atomic mass is 35.5. The van der Waals surface area contributed by atoms with Crippen LogP contribution in [-0.4, -0.2) is 51.4 Å². The van der Waals surface area contributed by atoms with Gasteiger partial charge < -0.3 is 14.8 Å². The first-order chi connectivity index (χ1) is 15.2. The lowest BCUT2D eigenvalue weighted by Crippen LogP contribution is -2.30. The Morgan fingerprint density at radius 1 is 1.09 bits per heavy atom. The average molecular weight is 483 g/mol. The zero-order valence-electron chi connectivity index (χ0n) is 18.3. The summed E-state index contributed by atoms with van der Waals surface area (Å²) in [4.78, 5) is 24.2. The normalized spacial score (nSPS) is 11.3. The summed E-state index contributed by atoms with van der Waals surface area (Å²) in [6.45, 7) is 3.58. The van der Waals surface area contributed by atoms with E-state index in [1.54, 1.807) is 27.0 Å². The molecule has 0 atom stereocenters. The molecule has 0 fully saturated rings. The minimum absolute atomic E-state index is 0.00898. The van der Waals surface area contributed by atoms with Crippen molar-refractivity contribution < 1.29 is 27.5 Å². The van der Waals surface area contributed by atoms with E-state index in [2.05, 4.69) is 5.32 Å². The quantitative estimate of drug-likeness (QED) is 0.492. The molecule has 174 valence electrons. The minimum Gasteiger partial charge on any atom is -0.496 e. The molecule has 1 amide bonds. The third-order valence-corrected chi connectivity index (χ3v) is 7.09. The van der Waals surface area contributed by atoms with Crippen LogP contribution in [0.4, 0.5) is 5.69 Å². The molecule has 2 aromatic carbocycles. The Hall–Kier alpha value is -2.62. The average Bonchev–Trinajstić information content (AvgIpc) is 2.78. The minimum atomic E-state index is -3.71. The lowest BCUT2D eigenvalue weighted by atomic mass is 10.1. The van der Waals surface area contributed by atoms with E-state index in [-0.39, 0.29) is 22.0 Å². The van der Waals surface area contributed by atoms with Gasteiger partial charge in [-0.3, -0.25) is 9.59 Å². The maximum absolute atomic E-state index is 12.7. The number of nitrogens with zero attached hydrogens (tertiary/aromatic N) is 1. The highest BCUT2D eigenvalue weighted by molar-refractivity contribution is 7.89. The van der Waals surface area contributed by atoms with E-state index in [0.29, 0.717) is 25.3 Å². The number of esters is 1. The van der Waals surface area contributed by atoms with Crippen molar-refractivity contribution in [1.29, 1.82) is 0 Å². The number of halogens is 1. The van der Waals surface area contributed by atoms with Crippen molar-refractivity contribution in [1.82, 2.24) is 4.31 Å². The number of rotatable bonds is 11. The molecule has 0 bridgehead atoms. The largest absolute Gasteiger partial charge is 0.496 e. The van der Waals surface area contributed by atoms with E-state index >= 15 is 0 Å². The summed E-state index contributed by atoms with van der Waals surface area (Å²) in [5, 5.41) is 2.66. The summed E-state index contributed by atoms with van der Waals surface area (Å²) < 4.78 is 36.9. The first-order valence-electron chi connectivity index (χ1n) is 10.1. The molecule has 0 heterocycles. The molecular weight excluding hydrogens is 456 g/mol. The molecule has 1 N–H and O–H groups in total. The van der Waals surface area contributed by atoms with E-state index in [9.17, 15) is 18.0 Å². The third-order valence-electron chi connectivity index (χ3n) is 4.71. The number of anilines is 1. The molecule has 10 heteroatoms. The molecule has 0 radical (unpaired) electrons. The van der Waals surface area contributed by atoms with Gasteiger partial charge in [0.25, 0.3) is 5.91 Å². The summed E-state index contributed by atoms with van der Waals surface area (Å²) in [6.07, 6.45) is 0.480. The molecule has 2 aromatic rings. The highest BCUT2D eigenvalue weighted by Gasteiger charge is 2.23. The van der Waals surface area contributed by atoms with Gasteiger partial charge in [-0.2, -0.15) is 4.31 Å². The van der Waals surface area contributed by atoms with E-state index in [1.807, 2.05) is 18.2 Å². The Bertz CT molecular complexity index is 1050. The van der Waals surface area contributed by atoms with E-state index in [1.165, 1.54) is 22.5 Å². The van der Waals surface area contributed by atoms with Crippen LogP contribution in [0, 0.1) is 0 Å². The molecule has 0 aliphatic carbocycles. The number of hydrogen-bond donors (Lipinski definition) is 1. The maximum atomic E-state index is 12.7. The lowest BCUT2D eigenvalue weighted by molar-refractivity contribution is -0.147. The van der Waals surface area contributed by atoms with Crippen molar-refractivity contribution >= 4 is 39.2 Å². The second kappa shape index (κ2) is 11.8. The predicted molar refractivity (Wildman–Crippen MR) is 122 cm³/mol. The van der Waals surface area contributed by atoms with E-state index in [4.69, 9.17) is 21.1 Å². The molecule has 8 nitrogen and oxygen atoms in total. The number of sulfonamides is 1. The Morgan fingerprint density at radius 3 is 2.44 bits per heavy atom. The summed E-state index contributed by atoms with van der Waals surface area (Å²) in [6, 6.07) is 11.4. The second-order valence-corrected chi connectivity index (χ2v) is 9.10. The first-order valence-corrected chi connectivity index (χ1v) is 11.9. The molecule has 0 saturated carbocycles. The fourth-order valence-electron chi connectivity index (χ4n) is 3.02. The standard InChI is InChI=1S/C22H27ClN2O6S/c1-4-25(5-2)32(28,29)17-11-12-18(23)19(14-17)24-21(26)15-31-22(27)13-10-16-8-6-7-9-20(16)30-3/h6-9,11-12,14H,4-5,10,13,15H2,1-3H3,(H,24,26). The molecule has 0 saturated heterocycles. The van der Waals surface area contributed by atoms with Gasteiger partial charge in [0.15, 0.2) is 6.61 Å². The first kappa shape index (κ1) is 25.6. The van der Waals surface area contributed by atoms with Crippen LogP contribution in [-0.2, 0) is 30.8 Å². The van der Waals surface area contributed by atoms with Gasteiger partial charge in [-0.05, 0) is 36.2 Å². The van der Waals surface area contributed by atoms with Crippen molar-refractivity contribution in [3.8, 4) is 5.75 Å². The molecule has 0 unspecified atom stereocenters. The SMILES string of the molecule is CCN(CC)S(=O)(=O)c1ccc(Cl)c(NC(=O)COC(=O)CCc2ccccc2OC)c1. The number of ether oxygens (including phenoxy) is 2. The van der Waals surface area contributed by atoms with Crippen molar-refractivity contribution in [2.45, 2.75) is 31.6 Å². The number of amides is 1. The van der Waals surface area contributed by atoms with Gasteiger partial charge in [0.05, 0.1) is 22.7 Å². The molecule has 0 aliphatic rings. The van der Waals surface area contributed by atoms with Crippen LogP contribution in [0.15, 0.2) is 47.4 Å². The molecule has 2 rings (SSSR count). The number of carbonyl (C=O) groups is 2. The Kier molecular flexibility index (Phi) is 9.49. The summed E-state index contributed by atoms with van der Waals surface area (Å²) in [5.41, 5.74) is 0.976. The molecule has 32 heavy (non-hydrogen) atoms. The van der Waals surface area contributed by atoms with Crippen LogP contribution in [0.2, 0.25) is 5.02 Å². The van der Waals surface area contributed by atoms with Gasteiger partial charge in [0.2, 0.25) is 10.0 Å². The number of para-hydroxylation sites is 1. The second-order valence-electron chi connectivity index (χ2n) is 6.75. The Balaban J connectivity index is 1.96. The maximum Gasteiger partial charge on any atom is 0.306 e. The molecular formula is C22H27ClN2O6S. The number of hydrogen-bond acceptors (Lipinski definition) is 6. The smallest absolute Gasteiger partial charge is 0.306 e. The summed E-state index contributed by atoms with van der Waals surface area (Å²) in [7, 11) is -2.16. The number of benzene rings is 2. The van der Waals surface area contributed by atoms with Gasteiger partial charge in [-0.15, -0.1) is 0 Å². The van der Waals surface area contributed by atoms with Crippen LogP contribution in [0.3, 0.4) is 0 Å². The van der Waals surface area contributed by atoms with Crippen molar-refractivity contribution in [3.63, 3.8) is 0 Å². The third kappa shape index (κ3) is 6.69. The van der Waals surface area contributed by atoms with E-state index < -0.39 is 28.5 Å². The monoisotopic (exact) mass is 482 g/mol. The Labute approximate surface area is 193 Å². The molecule has 0 aliphatic heterocycles. The highest BCUT2D eigenvalue weighted by Crippen LogP contribution is 2.27. The van der Waals surface area contributed by atoms with Gasteiger partial charge >= 0.3 is 5.97 Å². The van der Waals surface area contributed by atoms with Crippen LogP contribution < -0.4 is 10.1 Å². The van der Waals surface area contributed by atoms with Crippen molar-refractivity contribution in [2.24, 2.45) is 0 Å². The zero-order valence-corrected chi connectivity index (χ0v) is 19.8. The van der Waals surface area contributed by atoms with E-state index in [0.717, 1.165) is 5.56 Å². The fraction of sp³-hybridized carbons (Fsp3) is 0.364. The predicted octanol–water partition coefficient (Wildman–Crippen LogP) is 3.49. The van der Waals surface area contributed by atoms with Gasteiger partial charge in [-0.25, -0.2) is 8.42 Å². The van der Waals surface area contributed by atoms with Crippen molar-refractivity contribution in [2.75, 3.05) is 32.1 Å². The van der Waals surface area contributed by atoms with Crippen molar-refractivity contribution in [3.05, 3.63) is 53.1 Å². The topological polar surface area (TPSA) is 102 Å². The number of nitrogens with one attached hydrogen (secondary N) is 1. The van der Waals surface area contributed by atoms with Gasteiger partial charge in [0.1, 0.15) is 5.75 Å². The number of carbonyl (C=O) groups excluding carboxylic acids is 2. The molecule has 0 aromatic heterocycles. The van der Waals surface area contributed by atoms with Crippen LogP contribution in [0.5, 0.6) is 5.75 Å². The van der Waals surface area contributed by atoms with Crippen LogP contribution >= 0.6 is 11.6 Å². The zero-order chi connectivity index (χ0) is 23.7.